The highest BCUT2D eigenvalue weighted by molar-refractivity contribution is 6.10. The SMILES string of the molecule is CC(=O)N1c2ccc(-c3ccc(C(=O)O)cc3)cc2N(C(=O)c2ccco2)CC1C. The van der Waals surface area contributed by atoms with Crippen molar-refractivity contribution in [2.75, 3.05) is 16.3 Å². The monoisotopic (exact) mass is 404 g/mol. The number of carboxylic acid groups (broad SMARTS) is 1. The highest BCUT2D eigenvalue weighted by Crippen LogP contribution is 2.39. The number of carboxylic acids is 1. The quantitative estimate of drug-likeness (QED) is 0.711. The van der Waals surface area contributed by atoms with Crippen LogP contribution in [0.5, 0.6) is 0 Å². The van der Waals surface area contributed by atoms with Gasteiger partial charge in [0.25, 0.3) is 5.91 Å². The molecule has 0 saturated heterocycles. The van der Waals surface area contributed by atoms with E-state index in [-0.39, 0.29) is 29.2 Å². The maximum absolute atomic E-state index is 13.1. The molecule has 3 aromatic rings. The van der Waals surface area contributed by atoms with Gasteiger partial charge in [0.15, 0.2) is 5.76 Å². The van der Waals surface area contributed by atoms with E-state index in [1.807, 2.05) is 25.1 Å². The number of amides is 2. The van der Waals surface area contributed by atoms with Crippen molar-refractivity contribution in [3.63, 3.8) is 0 Å². The molecule has 2 amide bonds. The van der Waals surface area contributed by atoms with E-state index in [0.717, 1.165) is 11.1 Å². The second-order valence-corrected chi connectivity index (χ2v) is 7.22. The van der Waals surface area contributed by atoms with Gasteiger partial charge in [-0.15, -0.1) is 0 Å². The predicted molar refractivity (Wildman–Crippen MR) is 112 cm³/mol. The van der Waals surface area contributed by atoms with Gasteiger partial charge in [-0.3, -0.25) is 9.59 Å². The highest BCUT2D eigenvalue weighted by atomic mass is 16.4. The molecule has 1 aromatic heterocycles. The largest absolute Gasteiger partial charge is 0.478 e. The van der Waals surface area contributed by atoms with Crippen molar-refractivity contribution in [2.45, 2.75) is 19.9 Å². The lowest BCUT2D eigenvalue weighted by atomic mass is 9.99. The molecule has 152 valence electrons. The molecule has 1 unspecified atom stereocenters. The number of hydrogen-bond acceptors (Lipinski definition) is 4. The Balaban J connectivity index is 1.81. The van der Waals surface area contributed by atoms with Crippen LogP contribution in [0, 0.1) is 0 Å². The molecule has 1 N–H and O–H groups in total. The summed E-state index contributed by atoms with van der Waals surface area (Å²) in [5.41, 5.74) is 3.06. The van der Waals surface area contributed by atoms with Crippen molar-refractivity contribution >= 4 is 29.2 Å². The Hall–Kier alpha value is -3.87. The summed E-state index contributed by atoms with van der Waals surface area (Å²) in [5, 5.41) is 9.11. The number of nitrogens with zero attached hydrogens (tertiary/aromatic N) is 2. The van der Waals surface area contributed by atoms with Gasteiger partial charge in [0.05, 0.1) is 29.2 Å². The average molecular weight is 404 g/mol. The molecule has 0 spiro atoms. The van der Waals surface area contributed by atoms with Crippen molar-refractivity contribution in [1.29, 1.82) is 0 Å². The van der Waals surface area contributed by atoms with Crippen molar-refractivity contribution in [3.05, 3.63) is 72.2 Å². The molecule has 2 aromatic carbocycles. The van der Waals surface area contributed by atoms with Gasteiger partial charge in [0.2, 0.25) is 5.91 Å². The van der Waals surface area contributed by atoms with Gasteiger partial charge in [-0.1, -0.05) is 18.2 Å². The molecule has 0 saturated carbocycles. The third-order valence-electron chi connectivity index (χ3n) is 5.19. The summed E-state index contributed by atoms with van der Waals surface area (Å²) in [6.45, 7) is 3.72. The summed E-state index contributed by atoms with van der Waals surface area (Å²) in [5.74, 6) is -1.16. The molecular weight excluding hydrogens is 384 g/mol. The summed E-state index contributed by atoms with van der Waals surface area (Å²) in [7, 11) is 0. The summed E-state index contributed by atoms with van der Waals surface area (Å²) < 4.78 is 5.30. The minimum absolute atomic E-state index is 0.104. The van der Waals surface area contributed by atoms with Gasteiger partial charge in [-0.25, -0.2) is 4.79 Å². The fraction of sp³-hybridized carbons (Fsp3) is 0.174. The van der Waals surface area contributed by atoms with Crippen LogP contribution in [0.4, 0.5) is 11.4 Å². The molecule has 0 aliphatic carbocycles. The van der Waals surface area contributed by atoms with Gasteiger partial charge < -0.3 is 19.3 Å². The molecule has 2 heterocycles. The maximum atomic E-state index is 13.1. The van der Waals surface area contributed by atoms with Crippen LogP contribution >= 0.6 is 0 Å². The fourth-order valence-electron chi connectivity index (χ4n) is 3.82. The molecule has 7 nitrogen and oxygen atoms in total. The van der Waals surface area contributed by atoms with Crippen molar-refractivity contribution in [2.24, 2.45) is 0 Å². The molecule has 1 atom stereocenters. The number of fused-ring (bicyclic) bond motifs is 1. The first-order chi connectivity index (χ1) is 14.4. The lowest BCUT2D eigenvalue weighted by Crippen LogP contribution is -2.51. The number of furan rings is 1. The Morgan fingerprint density at radius 1 is 1.00 bits per heavy atom. The highest BCUT2D eigenvalue weighted by Gasteiger charge is 2.34. The number of benzene rings is 2. The second-order valence-electron chi connectivity index (χ2n) is 7.22. The summed E-state index contributed by atoms with van der Waals surface area (Å²) >= 11 is 0. The van der Waals surface area contributed by atoms with Gasteiger partial charge in [0.1, 0.15) is 0 Å². The van der Waals surface area contributed by atoms with Gasteiger partial charge >= 0.3 is 5.97 Å². The summed E-state index contributed by atoms with van der Waals surface area (Å²) in [6, 6.07) is 15.1. The van der Waals surface area contributed by atoms with Crippen molar-refractivity contribution in [3.8, 4) is 11.1 Å². The van der Waals surface area contributed by atoms with E-state index in [4.69, 9.17) is 9.52 Å². The smallest absolute Gasteiger partial charge is 0.335 e. The molecule has 0 radical (unpaired) electrons. The average Bonchev–Trinajstić information content (AvgIpc) is 3.27. The summed E-state index contributed by atoms with van der Waals surface area (Å²) in [4.78, 5) is 39.8. The van der Waals surface area contributed by atoms with Gasteiger partial charge in [-0.05, 0) is 54.4 Å². The molecule has 0 fully saturated rings. The van der Waals surface area contributed by atoms with E-state index >= 15 is 0 Å². The third-order valence-corrected chi connectivity index (χ3v) is 5.19. The minimum atomic E-state index is -0.992. The van der Waals surface area contributed by atoms with Crippen molar-refractivity contribution < 1.29 is 23.9 Å². The first-order valence-corrected chi connectivity index (χ1v) is 9.50. The van der Waals surface area contributed by atoms with Gasteiger partial charge in [0, 0.05) is 13.5 Å². The second kappa shape index (κ2) is 7.51. The Morgan fingerprint density at radius 3 is 2.30 bits per heavy atom. The fourth-order valence-corrected chi connectivity index (χ4v) is 3.82. The topological polar surface area (TPSA) is 91.1 Å². The summed E-state index contributed by atoms with van der Waals surface area (Å²) in [6.07, 6.45) is 1.45. The minimum Gasteiger partial charge on any atom is -0.478 e. The lowest BCUT2D eigenvalue weighted by Gasteiger charge is -2.40. The van der Waals surface area contributed by atoms with Crippen LogP contribution in [0.15, 0.2) is 65.3 Å². The van der Waals surface area contributed by atoms with Crippen LogP contribution in [-0.2, 0) is 4.79 Å². The molecule has 4 rings (SSSR count). The molecule has 30 heavy (non-hydrogen) atoms. The molecule has 0 bridgehead atoms. The Bertz CT molecular complexity index is 1120. The predicted octanol–water partition coefficient (Wildman–Crippen LogP) is 4.05. The number of rotatable bonds is 3. The first kappa shape index (κ1) is 19.4. The Kier molecular flexibility index (Phi) is 4.87. The number of hydrogen-bond donors (Lipinski definition) is 1. The van der Waals surface area contributed by atoms with Crippen LogP contribution < -0.4 is 9.80 Å². The lowest BCUT2D eigenvalue weighted by molar-refractivity contribution is -0.117. The van der Waals surface area contributed by atoms with Crippen molar-refractivity contribution in [1.82, 2.24) is 0 Å². The molecule has 1 aliphatic rings. The molecular formula is C23H20N2O5. The van der Waals surface area contributed by atoms with Gasteiger partial charge in [-0.2, -0.15) is 0 Å². The number of carbonyl (C=O) groups is 3. The van der Waals surface area contributed by atoms with E-state index in [1.165, 1.54) is 25.3 Å². The number of anilines is 2. The van der Waals surface area contributed by atoms with E-state index in [0.29, 0.717) is 17.9 Å². The van der Waals surface area contributed by atoms with E-state index < -0.39 is 5.97 Å². The third kappa shape index (κ3) is 3.34. The van der Waals surface area contributed by atoms with E-state index in [9.17, 15) is 14.4 Å². The molecule has 7 heteroatoms. The Labute approximate surface area is 173 Å². The zero-order valence-corrected chi connectivity index (χ0v) is 16.5. The normalized spacial score (nSPS) is 15.6. The first-order valence-electron chi connectivity index (χ1n) is 9.50. The van der Waals surface area contributed by atoms with Crippen LogP contribution in [0.2, 0.25) is 0 Å². The maximum Gasteiger partial charge on any atom is 0.335 e. The standard InChI is InChI=1S/C23H20N2O5/c1-14-13-24(22(27)21-4-3-11-30-21)20-12-18(9-10-19(20)25(14)15(2)26)16-5-7-17(8-6-16)23(28)29/h3-12,14H,13H2,1-2H3,(H,28,29). The zero-order valence-electron chi connectivity index (χ0n) is 16.5. The van der Waals surface area contributed by atoms with Crippen LogP contribution in [-0.4, -0.2) is 35.5 Å². The Morgan fingerprint density at radius 2 is 1.70 bits per heavy atom. The number of aromatic carboxylic acids is 1. The zero-order chi connectivity index (χ0) is 21.4. The van der Waals surface area contributed by atoms with Crippen LogP contribution in [0.3, 0.4) is 0 Å². The number of carbonyl (C=O) groups excluding carboxylic acids is 2. The van der Waals surface area contributed by atoms with Crippen LogP contribution in [0.25, 0.3) is 11.1 Å². The van der Waals surface area contributed by atoms with E-state index in [2.05, 4.69) is 0 Å². The van der Waals surface area contributed by atoms with Crippen LogP contribution in [0.1, 0.15) is 34.8 Å². The molecule has 1 aliphatic heterocycles. The van der Waals surface area contributed by atoms with E-state index in [1.54, 1.807) is 34.1 Å².